The van der Waals surface area contributed by atoms with E-state index in [-0.39, 0.29) is 18.0 Å². The first kappa shape index (κ1) is 23.5. The number of carbonyl (C=O) groups excluding carboxylic acids is 3. The predicted octanol–water partition coefficient (Wildman–Crippen LogP) is 4.40. The van der Waals surface area contributed by atoms with Gasteiger partial charge in [-0.1, -0.05) is 48.5 Å². The van der Waals surface area contributed by atoms with Crippen LogP contribution in [0.5, 0.6) is 11.5 Å². The van der Waals surface area contributed by atoms with Crippen LogP contribution in [0, 0.1) is 13.8 Å². The molecule has 0 bridgehead atoms. The molecule has 7 nitrogen and oxygen atoms in total. The summed E-state index contributed by atoms with van der Waals surface area (Å²) in [5, 5.41) is 5.29. The Labute approximate surface area is 192 Å². The first-order valence-corrected chi connectivity index (χ1v) is 10.5. The summed E-state index contributed by atoms with van der Waals surface area (Å²) in [6.07, 6.45) is -1.10. The summed E-state index contributed by atoms with van der Waals surface area (Å²) < 4.78 is 11.1. The molecule has 0 radical (unpaired) electrons. The van der Waals surface area contributed by atoms with Crippen LogP contribution in [0.4, 0.5) is 5.69 Å². The van der Waals surface area contributed by atoms with E-state index < -0.39 is 18.0 Å². The molecule has 170 valence electrons. The standard InChI is InChI=1S/C26H26N2O5/c1-17-10-9-11-18(2)24(17)28-23(29)16-27-25(30)19(3)32-26(31)21-14-7-8-15-22(21)33-20-12-5-4-6-13-20/h4-15,19H,16H2,1-3H3,(H,27,30)(H,28,29)/t19-/m1/s1. The lowest BCUT2D eigenvalue weighted by molar-refractivity contribution is -0.130. The molecule has 0 saturated carbocycles. The Hall–Kier alpha value is -4.13. The van der Waals surface area contributed by atoms with E-state index >= 15 is 0 Å². The summed E-state index contributed by atoms with van der Waals surface area (Å²) in [5.74, 6) is -0.778. The highest BCUT2D eigenvalue weighted by atomic mass is 16.5. The van der Waals surface area contributed by atoms with Crippen molar-refractivity contribution in [2.75, 3.05) is 11.9 Å². The highest BCUT2D eigenvalue weighted by Crippen LogP contribution is 2.26. The van der Waals surface area contributed by atoms with Crippen LogP contribution in [-0.2, 0) is 14.3 Å². The van der Waals surface area contributed by atoms with Crippen LogP contribution in [-0.4, -0.2) is 30.4 Å². The van der Waals surface area contributed by atoms with E-state index in [1.165, 1.54) is 6.92 Å². The van der Waals surface area contributed by atoms with E-state index in [0.717, 1.165) is 11.1 Å². The number of esters is 1. The average Bonchev–Trinajstić information content (AvgIpc) is 2.81. The number of aryl methyl sites for hydroxylation is 2. The lowest BCUT2D eigenvalue weighted by Crippen LogP contribution is -2.40. The molecular weight excluding hydrogens is 420 g/mol. The van der Waals surface area contributed by atoms with Crippen molar-refractivity contribution < 1.29 is 23.9 Å². The third kappa shape index (κ3) is 6.43. The fourth-order valence-electron chi connectivity index (χ4n) is 3.12. The number of amides is 2. The lowest BCUT2D eigenvalue weighted by atomic mass is 10.1. The minimum atomic E-state index is -1.10. The normalized spacial score (nSPS) is 11.2. The number of rotatable bonds is 8. The van der Waals surface area contributed by atoms with Crippen molar-refractivity contribution in [1.29, 1.82) is 0 Å². The third-order valence-electron chi connectivity index (χ3n) is 4.90. The Kier molecular flexibility index (Phi) is 7.81. The second kappa shape index (κ2) is 10.9. The molecule has 3 aromatic rings. The minimum absolute atomic E-state index is 0.189. The Morgan fingerprint density at radius 1 is 0.848 bits per heavy atom. The summed E-state index contributed by atoms with van der Waals surface area (Å²) in [7, 11) is 0. The summed E-state index contributed by atoms with van der Waals surface area (Å²) >= 11 is 0. The van der Waals surface area contributed by atoms with Gasteiger partial charge in [0.2, 0.25) is 5.91 Å². The minimum Gasteiger partial charge on any atom is -0.456 e. The lowest BCUT2D eigenvalue weighted by Gasteiger charge is -2.16. The van der Waals surface area contributed by atoms with Gasteiger partial charge in [0.05, 0.1) is 6.54 Å². The second-order valence-corrected chi connectivity index (χ2v) is 7.49. The van der Waals surface area contributed by atoms with Gasteiger partial charge in [0, 0.05) is 5.69 Å². The molecule has 0 aliphatic carbocycles. The molecule has 0 spiro atoms. The molecule has 0 unspecified atom stereocenters. The second-order valence-electron chi connectivity index (χ2n) is 7.49. The number of ether oxygens (including phenoxy) is 2. The maximum atomic E-state index is 12.7. The number of hydrogen-bond donors (Lipinski definition) is 2. The molecule has 0 fully saturated rings. The van der Waals surface area contributed by atoms with E-state index in [2.05, 4.69) is 10.6 Å². The molecule has 2 amide bonds. The third-order valence-corrected chi connectivity index (χ3v) is 4.90. The zero-order valence-electron chi connectivity index (χ0n) is 18.8. The van der Waals surface area contributed by atoms with Crippen LogP contribution in [0.1, 0.15) is 28.4 Å². The fraction of sp³-hybridized carbons (Fsp3) is 0.192. The number of hydrogen-bond acceptors (Lipinski definition) is 5. The summed E-state index contributed by atoms with van der Waals surface area (Å²) in [4.78, 5) is 37.3. The highest BCUT2D eigenvalue weighted by molar-refractivity contribution is 5.97. The largest absolute Gasteiger partial charge is 0.456 e. The molecule has 0 aromatic heterocycles. The van der Waals surface area contributed by atoms with Crippen molar-refractivity contribution in [3.8, 4) is 11.5 Å². The van der Waals surface area contributed by atoms with Crippen molar-refractivity contribution >= 4 is 23.5 Å². The van der Waals surface area contributed by atoms with E-state index in [0.29, 0.717) is 17.2 Å². The Morgan fingerprint density at radius 2 is 1.48 bits per heavy atom. The first-order chi connectivity index (χ1) is 15.8. The summed E-state index contributed by atoms with van der Waals surface area (Å²) in [6, 6.07) is 21.3. The molecule has 33 heavy (non-hydrogen) atoms. The molecule has 3 aromatic carbocycles. The van der Waals surface area contributed by atoms with Gasteiger partial charge in [0.25, 0.3) is 5.91 Å². The van der Waals surface area contributed by atoms with E-state index in [1.54, 1.807) is 36.4 Å². The summed E-state index contributed by atoms with van der Waals surface area (Å²) in [6.45, 7) is 4.98. The zero-order valence-corrected chi connectivity index (χ0v) is 18.8. The average molecular weight is 447 g/mol. The summed E-state index contributed by atoms with van der Waals surface area (Å²) in [5.41, 5.74) is 2.75. The number of para-hydroxylation sites is 3. The van der Waals surface area contributed by atoms with Crippen molar-refractivity contribution in [1.82, 2.24) is 5.32 Å². The smallest absolute Gasteiger partial charge is 0.342 e. The van der Waals surface area contributed by atoms with Crippen molar-refractivity contribution in [2.24, 2.45) is 0 Å². The van der Waals surface area contributed by atoms with Crippen LogP contribution in [0.3, 0.4) is 0 Å². The highest BCUT2D eigenvalue weighted by Gasteiger charge is 2.22. The topological polar surface area (TPSA) is 93.7 Å². The first-order valence-electron chi connectivity index (χ1n) is 10.5. The number of carbonyl (C=O) groups is 3. The molecule has 0 aliphatic heterocycles. The van der Waals surface area contributed by atoms with Crippen molar-refractivity contribution in [3.63, 3.8) is 0 Å². The molecule has 7 heteroatoms. The zero-order chi connectivity index (χ0) is 23.8. The maximum Gasteiger partial charge on any atom is 0.342 e. The van der Waals surface area contributed by atoms with E-state index in [9.17, 15) is 14.4 Å². The van der Waals surface area contributed by atoms with Gasteiger partial charge in [0.1, 0.15) is 17.1 Å². The van der Waals surface area contributed by atoms with Crippen molar-refractivity contribution in [3.05, 3.63) is 89.5 Å². The van der Waals surface area contributed by atoms with Crippen LogP contribution in [0.15, 0.2) is 72.8 Å². The maximum absolute atomic E-state index is 12.7. The SMILES string of the molecule is Cc1cccc(C)c1NC(=O)CNC(=O)[C@@H](C)OC(=O)c1ccccc1Oc1ccccc1. The Balaban J connectivity index is 1.55. The molecule has 0 saturated heterocycles. The number of nitrogens with one attached hydrogen (secondary N) is 2. The number of anilines is 1. The molecule has 1 atom stereocenters. The van der Waals surface area contributed by atoms with Gasteiger partial charge in [-0.15, -0.1) is 0 Å². The van der Waals surface area contributed by atoms with Crippen molar-refractivity contribution in [2.45, 2.75) is 26.9 Å². The molecule has 0 aliphatic rings. The van der Waals surface area contributed by atoms with Gasteiger partial charge < -0.3 is 20.1 Å². The van der Waals surface area contributed by atoms with Gasteiger partial charge in [-0.25, -0.2) is 4.79 Å². The van der Waals surface area contributed by atoms with Gasteiger partial charge in [-0.05, 0) is 56.2 Å². The van der Waals surface area contributed by atoms with Crippen LogP contribution in [0.25, 0.3) is 0 Å². The fourth-order valence-corrected chi connectivity index (χ4v) is 3.12. The predicted molar refractivity (Wildman–Crippen MR) is 125 cm³/mol. The van der Waals surface area contributed by atoms with Crippen LogP contribution >= 0.6 is 0 Å². The monoisotopic (exact) mass is 446 g/mol. The number of benzene rings is 3. The molecule has 2 N–H and O–H groups in total. The molecular formula is C26H26N2O5. The van der Waals surface area contributed by atoms with Gasteiger partial charge in [0.15, 0.2) is 6.10 Å². The molecule has 3 rings (SSSR count). The van der Waals surface area contributed by atoms with Gasteiger partial charge >= 0.3 is 5.97 Å². The van der Waals surface area contributed by atoms with Crippen LogP contribution < -0.4 is 15.4 Å². The van der Waals surface area contributed by atoms with Gasteiger partial charge in [-0.2, -0.15) is 0 Å². The Morgan fingerprint density at radius 3 is 2.18 bits per heavy atom. The molecule has 0 heterocycles. The van der Waals surface area contributed by atoms with E-state index in [1.807, 2.05) is 50.2 Å². The van der Waals surface area contributed by atoms with E-state index in [4.69, 9.17) is 9.47 Å². The Bertz CT molecular complexity index is 1120. The van der Waals surface area contributed by atoms with Gasteiger partial charge in [-0.3, -0.25) is 9.59 Å². The van der Waals surface area contributed by atoms with Crippen LogP contribution in [0.2, 0.25) is 0 Å². The quantitative estimate of drug-likeness (QED) is 0.501.